The number of aliphatic carboxylic acids is 1. The fourth-order valence-electron chi connectivity index (χ4n) is 3.74. The molecule has 1 atom stereocenters. The van der Waals surface area contributed by atoms with Crippen LogP contribution in [0.15, 0.2) is 52.4 Å². The number of ether oxygens (including phenoxy) is 2. The van der Waals surface area contributed by atoms with E-state index in [0.717, 1.165) is 0 Å². The Balaban J connectivity index is 1.98. The summed E-state index contributed by atoms with van der Waals surface area (Å²) in [5.74, 6) is -1.48. The third kappa shape index (κ3) is 6.16. The van der Waals surface area contributed by atoms with Gasteiger partial charge >= 0.3 is 5.97 Å². The van der Waals surface area contributed by atoms with Crippen molar-refractivity contribution in [1.29, 1.82) is 0 Å². The predicted octanol–water partition coefficient (Wildman–Crippen LogP) is 5.15. The van der Waals surface area contributed by atoms with E-state index in [4.69, 9.17) is 9.47 Å². The fourth-order valence-corrected chi connectivity index (χ4v) is 4.76. The average Bonchev–Trinajstić information content (AvgIpc) is 3.08. The first kappa shape index (κ1) is 26.2. The van der Waals surface area contributed by atoms with Crippen LogP contribution in [0.1, 0.15) is 32.8 Å². The van der Waals surface area contributed by atoms with Crippen molar-refractivity contribution in [2.75, 3.05) is 20.8 Å². The van der Waals surface area contributed by atoms with Gasteiger partial charge in [0.1, 0.15) is 0 Å². The van der Waals surface area contributed by atoms with Crippen molar-refractivity contribution >= 4 is 40.6 Å². The fraction of sp³-hybridized carbons (Fsp3) is 0.346. The lowest BCUT2D eigenvalue weighted by atomic mass is 9.79. The van der Waals surface area contributed by atoms with E-state index in [9.17, 15) is 19.8 Å². The number of para-hydroxylation sites is 1. The lowest BCUT2D eigenvalue weighted by Crippen LogP contribution is -2.36. The van der Waals surface area contributed by atoms with Crippen LogP contribution in [0.5, 0.6) is 17.2 Å². The van der Waals surface area contributed by atoms with Gasteiger partial charge in [-0.25, -0.2) is 4.99 Å². The maximum atomic E-state index is 13.4. The highest BCUT2D eigenvalue weighted by molar-refractivity contribution is 8.18. The highest BCUT2D eigenvalue weighted by Gasteiger charge is 2.37. The first-order valence-electron chi connectivity index (χ1n) is 11.1. The summed E-state index contributed by atoms with van der Waals surface area (Å²) in [6, 6.07) is 12.5. The molecule has 1 aliphatic rings. The van der Waals surface area contributed by atoms with Gasteiger partial charge in [-0.1, -0.05) is 39.0 Å². The average molecular weight is 499 g/mol. The minimum atomic E-state index is -0.891. The number of benzene rings is 2. The number of carboxylic acid groups (broad SMARTS) is 1. The van der Waals surface area contributed by atoms with Crippen LogP contribution in [0, 0.1) is 11.3 Å². The SMILES string of the molecule is COc1cc(/C=C2\SC(=Nc3ccccc3)N(CCC(C(=O)O)C(C)(C)C)C2=O)cc(OC)c1O. The van der Waals surface area contributed by atoms with E-state index >= 15 is 0 Å². The number of aromatic hydroxyl groups is 1. The maximum Gasteiger partial charge on any atom is 0.307 e. The highest BCUT2D eigenvalue weighted by atomic mass is 32.2. The van der Waals surface area contributed by atoms with Crippen LogP contribution < -0.4 is 9.47 Å². The minimum Gasteiger partial charge on any atom is -0.502 e. The van der Waals surface area contributed by atoms with E-state index in [0.29, 0.717) is 21.3 Å². The number of phenolic OH excluding ortho intramolecular Hbond substituents is 1. The van der Waals surface area contributed by atoms with Gasteiger partial charge in [-0.3, -0.25) is 14.5 Å². The molecule has 186 valence electrons. The molecule has 1 saturated heterocycles. The molecule has 0 saturated carbocycles. The van der Waals surface area contributed by atoms with E-state index in [1.807, 2.05) is 51.1 Å². The summed E-state index contributed by atoms with van der Waals surface area (Å²) in [7, 11) is 2.86. The van der Waals surface area contributed by atoms with Crippen LogP contribution in [-0.4, -0.2) is 52.9 Å². The van der Waals surface area contributed by atoms with Crippen molar-refractivity contribution in [2.45, 2.75) is 27.2 Å². The van der Waals surface area contributed by atoms with E-state index in [1.54, 1.807) is 18.2 Å². The molecule has 1 unspecified atom stereocenters. The Kier molecular flexibility index (Phi) is 8.11. The number of aliphatic imine (C=N–C) groups is 1. The Morgan fingerprint density at radius 3 is 2.26 bits per heavy atom. The van der Waals surface area contributed by atoms with Crippen molar-refractivity contribution in [3.63, 3.8) is 0 Å². The van der Waals surface area contributed by atoms with Crippen LogP contribution in [0.2, 0.25) is 0 Å². The molecule has 1 fully saturated rings. The van der Waals surface area contributed by atoms with E-state index in [2.05, 4.69) is 4.99 Å². The summed E-state index contributed by atoms with van der Waals surface area (Å²) in [4.78, 5) is 31.9. The molecule has 0 spiro atoms. The van der Waals surface area contributed by atoms with E-state index in [-0.39, 0.29) is 36.1 Å². The first-order chi connectivity index (χ1) is 16.5. The predicted molar refractivity (Wildman–Crippen MR) is 137 cm³/mol. The van der Waals surface area contributed by atoms with Crippen LogP contribution in [0.3, 0.4) is 0 Å². The normalized spacial score (nSPS) is 17.2. The number of carbonyl (C=O) groups excluding carboxylic acids is 1. The molecular weight excluding hydrogens is 468 g/mol. The van der Waals surface area contributed by atoms with Crippen molar-refractivity contribution in [3.8, 4) is 17.2 Å². The van der Waals surface area contributed by atoms with Crippen molar-refractivity contribution in [3.05, 3.63) is 52.9 Å². The highest BCUT2D eigenvalue weighted by Crippen LogP contribution is 2.40. The van der Waals surface area contributed by atoms with Crippen molar-refractivity contribution < 1.29 is 29.3 Å². The second-order valence-electron chi connectivity index (χ2n) is 9.12. The van der Waals surface area contributed by atoms with Gasteiger partial charge in [-0.2, -0.15) is 0 Å². The van der Waals surface area contributed by atoms with Gasteiger partial charge in [0.25, 0.3) is 5.91 Å². The molecule has 0 bridgehead atoms. The topological polar surface area (TPSA) is 109 Å². The lowest BCUT2D eigenvalue weighted by Gasteiger charge is -2.28. The van der Waals surface area contributed by atoms with Gasteiger partial charge in [-0.05, 0) is 59.5 Å². The Morgan fingerprint density at radius 2 is 1.74 bits per heavy atom. The zero-order valence-corrected chi connectivity index (χ0v) is 21.3. The number of thioether (sulfide) groups is 1. The molecule has 9 heteroatoms. The largest absolute Gasteiger partial charge is 0.502 e. The van der Waals surface area contributed by atoms with E-state index < -0.39 is 17.3 Å². The Bertz CT molecular complexity index is 1130. The number of hydrogen-bond donors (Lipinski definition) is 2. The standard InChI is InChI=1S/C26H30N2O6S/c1-26(2,3)18(24(31)32)11-12-28-23(30)21(35-25(28)27-17-9-7-6-8-10-17)15-16-13-19(33-4)22(29)20(14-16)34-5/h6-10,13-15,18,29H,11-12H2,1-5H3,(H,31,32)/b21-15-,27-25?. The van der Waals surface area contributed by atoms with Crippen molar-refractivity contribution in [2.24, 2.45) is 16.3 Å². The number of carboxylic acids is 1. The molecule has 2 aromatic carbocycles. The molecule has 8 nitrogen and oxygen atoms in total. The monoisotopic (exact) mass is 498 g/mol. The number of amides is 1. The molecule has 1 amide bonds. The molecular formula is C26H30N2O6S. The molecule has 1 heterocycles. The second kappa shape index (κ2) is 10.9. The zero-order chi connectivity index (χ0) is 25.8. The van der Waals surface area contributed by atoms with Crippen LogP contribution in [0.25, 0.3) is 6.08 Å². The van der Waals surface area contributed by atoms with Gasteiger partial charge in [0, 0.05) is 6.54 Å². The number of hydrogen-bond acceptors (Lipinski definition) is 7. The molecule has 0 aromatic heterocycles. The Hall–Kier alpha value is -3.46. The molecule has 1 aliphatic heterocycles. The molecule has 3 rings (SSSR count). The maximum absolute atomic E-state index is 13.4. The summed E-state index contributed by atoms with van der Waals surface area (Å²) in [6.45, 7) is 5.85. The summed E-state index contributed by atoms with van der Waals surface area (Å²) in [6.07, 6.45) is 1.96. The molecule has 0 radical (unpaired) electrons. The lowest BCUT2D eigenvalue weighted by molar-refractivity contribution is -0.146. The number of rotatable bonds is 8. The summed E-state index contributed by atoms with van der Waals surface area (Å²) in [5.41, 5.74) is 0.829. The van der Waals surface area contributed by atoms with Crippen LogP contribution >= 0.6 is 11.8 Å². The molecule has 2 N–H and O–H groups in total. The third-order valence-electron chi connectivity index (χ3n) is 5.65. The summed E-state index contributed by atoms with van der Waals surface area (Å²) >= 11 is 1.21. The third-order valence-corrected chi connectivity index (χ3v) is 6.66. The number of phenols is 1. The zero-order valence-electron chi connectivity index (χ0n) is 20.4. The number of methoxy groups -OCH3 is 2. The van der Waals surface area contributed by atoms with Crippen LogP contribution in [0.4, 0.5) is 5.69 Å². The van der Waals surface area contributed by atoms with Crippen molar-refractivity contribution in [1.82, 2.24) is 4.90 Å². The number of carbonyl (C=O) groups is 2. The second-order valence-corrected chi connectivity index (χ2v) is 10.1. The molecule has 35 heavy (non-hydrogen) atoms. The Morgan fingerprint density at radius 1 is 1.14 bits per heavy atom. The molecule has 2 aromatic rings. The summed E-state index contributed by atoms with van der Waals surface area (Å²) in [5, 5.41) is 20.4. The van der Waals surface area contributed by atoms with Crippen LogP contribution in [-0.2, 0) is 9.59 Å². The number of nitrogens with zero attached hydrogens (tertiary/aromatic N) is 2. The van der Waals surface area contributed by atoms with Gasteiger partial charge in [0.05, 0.1) is 30.7 Å². The molecule has 0 aliphatic carbocycles. The van der Waals surface area contributed by atoms with Gasteiger partial charge in [0.2, 0.25) is 5.75 Å². The Labute approximate surface area is 209 Å². The van der Waals surface area contributed by atoms with Gasteiger partial charge < -0.3 is 19.7 Å². The first-order valence-corrected chi connectivity index (χ1v) is 11.9. The van der Waals surface area contributed by atoms with E-state index in [1.165, 1.54) is 30.9 Å². The smallest absolute Gasteiger partial charge is 0.307 e. The van der Waals surface area contributed by atoms with Gasteiger partial charge in [-0.15, -0.1) is 0 Å². The summed E-state index contributed by atoms with van der Waals surface area (Å²) < 4.78 is 10.4. The minimum absolute atomic E-state index is 0.127. The van der Waals surface area contributed by atoms with Gasteiger partial charge in [0.15, 0.2) is 16.7 Å². The quantitative estimate of drug-likeness (QED) is 0.485. The number of amidine groups is 1.